The van der Waals surface area contributed by atoms with Crippen LogP contribution in [0.15, 0.2) is 30.7 Å². The van der Waals surface area contributed by atoms with Crippen molar-refractivity contribution in [3.8, 4) is 17.3 Å². The Morgan fingerprint density at radius 2 is 2.03 bits per heavy atom. The molecule has 1 aliphatic rings. The van der Waals surface area contributed by atoms with Crippen LogP contribution >= 0.6 is 0 Å². The Balaban J connectivity index is 1.69. The largest absolute Gasteiger partial charge is 0.489 e. The van der Waals surface area contributed by atoms with Crippen molar-refractivity contribution in [1.82, 2.24) is 29.7 Å². The SMILES string of the molecule is CCCO[C@@H](c1ncc(C)cn1)[C@H](C)S(=O)(=O)Nc1nnc2n1[C@@H](COC)COc1cccnc1-2. The van der Waals surface area contributed by atoms with Crippen molar-refractivity contribution in [2.75, 3.05) is 31.7 Å². The molecule has 0 unspecified atom stereocenters. The number of pyridine rings is 1. The van der Waals surface area contributed by atoms with Gasteiger partial charge in [-0.15, -0.1) is 10.2 Å². The topological polar surface area (TPSA) is 143 Å². The first-order chi connectivity index (χ1) is 16.9. The molecule has 12 nitrogen and oxygen atoms in total. The molecule has 3 aromatic rings. The fraction of sp³-hybridized carbons (Fsp3) is 0.500. The van der Waals surface area contributed by atoms with Crippen molar-refractivity contribution in [3.05, 3.63) is 42.1 Å². The first kappa shape index (κ1) is 24.9. The first-order valence-electron chi connectivity index (χ1n) is 11.3. The molecule has 0 bridgehead atoms. The highest BCUT2D eigenvalue weighted by molar-refractivity contribution is 7.93. The number of hydrogen-bond acceptors (Lipinski definition) is 10. The minimum absolute atomic E-state index is 0.0371. The lowest BCUT2D eigenvalue weighted by molar-refractivity contribution is 0.0466. The molecule has 0 saturated carbocycles. The van der Waals surface area contributed by atoms with E-state index >= 15 is 0 Å². The maximum absolute atomic E-state index is 13.5. The summed E-state index contributed by atoms with van der Waals surface area (Å²) in [5, 5.41) is 7.34. The Hall–Kier alpha value is -3.16. The standard InChI is InChI=1S/C22H29N7O5S/c1-5-9-33-19(20-24-10-14(2)11-25-20)15(3)35(30,31)28-22-27-26-21-18-17(7-6-8-23-18)34-13-16(12-32-4)29(21)22/h6-8,10-11,15-16,19H,5,9,12-13H2,1-4H3,(H,27,28)/t15-,16-,19+/m0/s1. The third-order valence-electron chi connectivity index (χ3n) is 5.54. The van der Waals surface area contributed by atoms with Crippen LogP contribution in [0.25, 0.3) is 11.5 Å². The summed E-state index contributed by atoms with van der Waals surface area (Å²) in [7, 11) is -2.45. The van der Waals surface area contributed by atoms with Crippen LogP contribution < -0.4 is 9.46 Å². The van der Waals surface area contributed by atoms with Gasteiger partial charge in [-0.2, -0.15) is 0 Å². The van der Waals surface area contributed by atoms with E-state index in [0.717, 1.165) is 5.56 Å². The second kappa shape index (κ2) is 10.6. The van der Waals surface area contributed by atoms with Crippen molar-refractivity contribution in [2.24, 2.45) is 0 Å². The quantitative estimate of drug-likeness (QED) is 0.438. The fourth-order valence-corrected chi connectivity index (χ4v) is 4.82. The smallest absolute Gasteiger partial charge is 0.240 e. The first-order valence-corrected chi connectivity index (χ1v) is 12.8. The number of sulfonamides is 1. The van der Waals surface area contributed by atoms with E-state index in [0.29, 0.717) is 36.1 Å². The van der Waals surface area contributed by atoms with E-state index in [2.05, 4.69) is 29.9 Å². The zero-order chi connectivity index (χ0) is 25.0. The van der Waals surface area contributed by atoms with E-state index in [1.54, 1.807) is 49.3 Å². The van der Waals surface area contributed by atoms with Crippen LogP contribution in [0.3, 0.4) is 0 Å². The second-order valence-corrected chi connectivity index (χ2v) is 10.3. The van der Waals surface area contributed by atoms with E-state index in [1.165, 1.54) is 0 Å². The number of ether oxygens (including phenoxy) is 3. The van der Waals surface area contributed by atoms with E-state index in [1.807, 2.05) is 13.8 Å². The lowest BCUT2D eigenvalue weighted by atomic mass is 10.2. The molecule has 0 radical (unpaired) electrons. The summed E-state index contributed by atoms with van der Waals surface area (Å²) in [4.78, 5) is 13.0. The van der Waals surface area contributed by atoms with Gasteiger partial charge in [-0.25, -0.2) is 23.4 Å². The van der Waals surface area contributed by atoms with Crippen molar-refractivity contribution in [3.63, 3.8) is 0 Å². The number of nitrogens with zero attached hydrogens (tertiary/aromatic N) is 6. The Morgan fingerprint density at radius 1 is 1.26 bits per heavy atom. The van der Waals surface area contributed by atoms with Gasteiger partial charge in [0, 0.05) is 32.3 Å². The second-order valence-electron chi connectivity index (χ2n) is 8.25. The Morgan fingerprint density at radius 3 is 2.74 bits per heavy atom. The molecule has 0 spiro atoms. The molecule has 13 heteroatoms. The normalized spacial score (nSPS) is 17.0. The molecule has 1 N–H and O–H groups in total. The molecule has 4 heterocycles. The summed E-state index contributed by atoms with van der Waals surface area (Å²) in [6.07, 6.45) is 4.72. The molecular weight excluding hydrogens is 474 g/mol. The Kier molecular flexibility index (Phi) is 7.57. The number of anilines is 1. The number of nitrogens with one attached hydrogen (secondary N) is 1. The van der Waals surface area contributed by atoms with Gasteiger partial charge in [-0.05, 0) is 38.0 Å². The van der Waals surface area contributed by atoms with Crippen LogP contribution in [-0.4, -0.2) is 70.3 Å². The number of aryl methyl sites for hydroxylation is 1. The van der Waals surface area contributed by atoms with Crippen molar-refractivity contribution in [2.45, 2.75) is 44.6 Å². The van der Waals surface area contributed by atoms with Gasteiger partial charge in [0.1, 0.15) is 29.4 Å². The van der Waals surface area contributed by atoms with Crippen LogP contribution in [0, 0.1) is 6.92 Å². The number of aromatic nitrogens is 6. The van der Waals surface area contributed by atoms with Gasteiger partial charge in [0.2, 0.25) is 16.0 Å². The van der Waals surface area contributed by atoms with Crippen LogP contribution in [0.5, 0.6) is 5.75 Å². The molecule has 188 valence electrons. The summed E-state index contributed by atoms with van der Waals surface area (Å²) < 4.78 is 48.4. The summed E-state index contributed by atoms with van der Waals surface area (Å²) in [6.45, 7) is 6.19. The van der Waals surface area contributed by atoms with E-state index < -0.39 is 21.4 Å². The average Bonchev–Trinajstić information content (AvgIpc) is 3.18. The minimum atomic E-state index is -4.01. The summed E-state index contributed by atoms with van der Waals surface area (Å²) >= 11 is 0. The molecule has 35 heavy (non-hydrogen) atoms. The molecule has 0 aromatic carbocycles. The predicted octanol–water partition coefficient (Wildman–Crippen LogP) is 2.32. The number of fused-ring (bicyclic) bond motifs is 3. The van der Waals surface area contributed by atoms with Gasteiger partial charge in [-0.1, -0.05) is 6.92 Å². The van der Waals surface area contributed by atoms with Gasteiger partial charge < -0.3 is 14.2 Å². The van der Waals surface area contributed by atoms with Gasteiger partial charge in [-0.3, -0.25) is 9.29 Å². The Labute approximate surface area is 204 Å². The molecule has 4 rings (SSSR count). The molecule has 0 aliphatic carbocycles. The number of rotatable bonds is 10. The van der Waals surface area contributed by atoms with Crippen LogP contribution in [0.2, 0.25) is 0 Å². The third-order valence-corrected chi connectivity index (χ3v) is 7.23. The highest BCUT2D eigenvalue weighted by Gasteiger charge is 2.36. The maximum Gasteiger partial charge on any atom is 0.240 e. The van der Waals surface area contributed by atoms with Crippen molar-refractivity contribution < 1.29 is 22.6 Å². The van der Waals surface area contributed by atoms with E-state index in [4.69, 9.17) is 14.2 Å². The Bertz CT molecular complexity index is 1250. The van der Waals surface area contributed by atoms with Gasteiger partial charge in [0.25, 0.3) is 0 Å². The van der Waals surface area contributed by atoms with Gasteiger partial charge in [0.05, 0.1) is 12.6 Å². The van der Waals surface area contributed by atoms with Crippen LogP contribution in [0.4, 0.5) is 5.95 Å². The van der Waals surface area contributed by atoms with Crippen molar-refractivity contribution >= 4 is 16.0 Å². The molecule has 0 amide bonds. The van der Waals surface area contributed by atoms with Crippen LogP contribution in [-0.2, 0) is 19.5 Å². The van der Waals surface area contributed by atoms with E-state index in [-0.39, 0.29) is 25.2 Å². The minimum Gasteiger partial charge on any atom is -0.489 e. The molecule has 0 fully saturated rings. The van der Waals surface area contributed by atoms with Gasteiger partial charge in [0.15, 0.2) is 11.6 Å². The van der Waals surface area contributed by atoms with E-state index in [9.17, 15) is 8.42 Å². The summed E-state index contributed by atoms with van der Waals surface area (Å²) in [6, 6.07) is 3.14. The highest BCUT2D eigenvalue weighted by atomic mass is 32.2. The highest BCUT2D eigenvalue weighted by Crippen LogP contribution is 2.35. The lowest BCUT2D eigenvalue weighted by Crippen LogP contribution is -2.35. The molecule has 0 saturated heterocycles. The predicted molar refractivity (Wildman–Crippen MR) is 127 cm³/mol. The lowest BCUT2D eigenvalue weighted by Gasteiger charge is -2.24. The monoisotopic (exact) mass is 503 g/mol. The van der Waals surface area contributed by atoms with Gasteiger partial charge >= 0.3 is 0 Å². The zero-order valence-electron chi connectivity index (χ0n) is 20.1. The fourth-order valence-electron chi connectivity index (χ4n) is 3.72. The third kappa shape index (κ3) is 5.26. The van der Waals surface area contributed by atoms with Crippen molar-refractivity contribution in [1.29, 1.82) is 0 Å². The maximum atomic E-state index is 13.5. The zero-order valence-corrected chi connectivity index (χ0v) is 20.9. The molecular formula is C22H29N7O5S. The molecule has 1 aliphatic heterocycles. The molecule has 3 aromatic heterocycles. The van der Waals surface area contributed by atoms with Crippen LogP contribution in [0.1, 0.15) is 43.8 Å². The summed E-state index contributed by atoms with van der Waals surface area (Å²) in [5.74, 6) is 1.25. The summed E-state index contributed by atoms with van der Waals surface area (Å²) in [5.41, 5.74) is 1.33. The number of hydrogen-bond donors (Lipinski definition) is 1. The molecule has 3 atom stereocenters. The average molecular weight is 504 g/mol. The number of methoxy groups -OCH3 is 1.